The summed E-state index contributed by atoms with van der Waals surface area (Å²) >= 11 is 0. The molecule has 0 saturated heterocycles. The summed E-state index contributed by atoms with van der Waals surface area (Å²) in [4.78, 5) is 3.78. The molecule has 3 nitrogen and oxygen atoms in total. The van der Waals surface area contributed by atoms with Gasteiger partial charge in [0.2, 0.25) is 0 Å². The predicted octanol–water partition coefficient (Wildman–Crippen LogP) is 1.67. The first-order chi connectivity index (χ1) is 4.85. The van der Waals surface area contributed by atoms with Gasteiger partial charge in [0.05, 0.1) is 12.6 Å². The lowest BCUT2D eigenvalue weighted by Crippen LogP contribution is -1.73. The minimum atomic E-state index is 0.750. The van der Waals surface area contributed by atoms with E-state index in [0.29, 0.717) is 0 Å². The van der Waals surface area contributed by atoms with E-state index < -0.39 is 0 Å². The van der Waals surface area contributed by atoms with Crippen molar-refractivity contribution in [2.75, 3.05) is 0 Å². The van der Waals surface area contributed by atoms with Crippen LogP contribution in [0.3, 0.4) is 0 Å². The van der Waals surface area contributed by atoms with E-state index in [-0.39, 0.29) is 0 Å². The van der Waals surface area contributed by atoms with Crippen LogP contribution >= 0.6 is 0 Å². The molecule has 54 valence electrons. The molecule has 0 unspecified atom stereocenters. The number of nitrogens with zero attached hydrogens (tertiary/aromatic N) is 2. The Labute approximate surface area is 60.0 Å². The molecule has 1 aromatic rings. The maximum absolute atomic E-state index is 7.33. The molecule has 0 atom stereocenters. The van der Waals surface area contributed by atoms with Crippen LogP contribution in [0.25, 0.3) is 6.20 Å². The summed E-state index contributed by atoms with van der Waals surface area (Å²) in [5, 5.41) is 7.33. The van der Waals surface area contributed by atoms with Crippen LogP contribution in [0.5, 0.6) is 0 Å². The molecule has 10 heavy (non-hydrogen) atoms. The molecule has 0 aliphatic rings. The second kappa shape index (κ2) is 5.62. The first-order valence-electron chi connectivity index (χ1n) is 2.70. The Balaban J connectivity index is 0.000000236. The van der Waals surface area contributed by atoms with Gasteiger partial charge >= 0.3 is 0 Å². The third kappa shape index (κ3) is 3.49. The van der Waals surface area contributed by atoms with Crippen molar-refractivity contribution in [3.63, 3.8) is 0 Å². The highest BCUT2D eigenvalue weighted by Gasteiger charge is 1.73. The Morgan fingerprint density at radius 1 is 1.50 bits per heavy atom. The van der Waals surface area contributed by atoms with Gasteiger partial charge < -0.3 is 9.67 Å². The van der Waals surface area contributed by atoms with Gasteiger partial charge in [0.1, 0.15) is 0 Å². The largest absolute Gasteiger partial charge is 0.516 e. The summed E-state index contributed by atoms with van der Waals surface area (Å²) < 4.78 is 1.78. The van der Waals surface area contributed by atoms with Crippen molar-refractivity contribution in [3.05, 3.63) is 38.1 Å². The second-order valence-electron chi connectivity index (χ2n) is 1.38. The van der Waals surface area contributed by atoms with Crippen molar-refractivity contribution in [2.24, 2.45) is 0 Å². The molecule has 1 rings (SSSR count). The zero-order valence-electron chi connectivity index (χ0n) is 5.64. The van der Waals surface area contributed by atoms with Crippen molar-refractivity contribution >= 4 is 6.20 Å². The van der Waals surface area contributed by atoms with Gasteiger partial charge in [0.15, 0.2) is 0 Å². The summed E-state index contributed by atoms with van der Waals surface area (Å²) in [6.07, 6.45) is 7.66. The standard InChI is InChI=1S/C5H6N2.C2H4O/c1-2-7-4-3-6-5-7;1-2-3/h2-5H,1H2;2-3H,1H2. The average Bonchev–Trinajstić information content (AvgIpc) is 2.39. The highest BCUT2D eigenvalue weighted by atomic mass is 16.2. The Hall–Kier alpha value is -1.51. The summed E-state index contributed by atoms with van der Waals surface area (Å²) in [6.45, 7) is 6.44. The second-order valence-corrected chi connectivity index (χ2v) is 1.38. The van der Waals surface area contributed by atoms with Crippen LogP contribution < -0.4 is 0 Å². The number of hydrogen-bond donors (Lipinski definition) is 1. The van der Waals surface area contributed by atoms with Gasteiger partial charge in [-0.15, -0.1) is 0 Å². The zero-order chi connectivity index (χ0) is 7.82. The fourth-order valence-corrected chi connectivity index (χ4v) is 0.377. The molecule has 0 radical (unpaired) electrons. The van der Waals surface area contributed by atoms with E-state index in [0.717, 1.165) is 6.26 Å². The number of aliphatic hydroxyl groups excluding tert-OH is 1. The quantitative estimate of drug-likeness (QED) is 0.599. The first kappa shape index (κ1) is 8.49. The SMILES string of the molecule is C=CO.C=Cn1ccnc1. The number of aromatic nitrogens is 2. The summed E-state index contributed by atoms with van der Waals surface area (Å²) in [5.41, 5.74) is 0. The lowest BCUT2D eigenvalue weighted by Gasteiger charge is -1.80. The monoisotopic (exact) mass is 138 g/mol. The van der Waals surface area contributed by atoms with Crippen molar-refractivity contribution in [3.8, 4) is 0 Å². The van der Waals surface area contributed by atoms with Gasteiger partial charge in [-0.3, -0.25) is 0 Å². The van der Waals surface area contributed by atoms with Gasteiger partial charge in [0, 0.05) is 18.6 Å². The average molecular weight is 138 g/mol. The number of imidazole rings is 1. The molecule has 0 amide bonds. The van der Waals surface area contributed by atoms with Crippen LogP contribution in [-0.4, -0.2) is 14.7 Å². The van der Waals surface area contributed by atoms with Crippen molar-refractivity contribution in [1.29, 1.82) is 0 Å². The van der Waals surface area contributed by atoms with Crippen molar-refractivity contribution in [1.82, 2.24) is 9.55 Å². The number of rotatable bonds is 1. The van der Waals surface area contributed by atoms with E-state index in [1.807, 2.05) is 6.20 Å². The molecule has 0 aliphatic carbocycles. The fraction of sp³-hybridized carbons (Fsp3) is 0. The van der Waals surface area contributed by atoms with Crippen LogP contribution in [0.4, 0.5) is 0 Å². The molecular formula is C7H10N2O. The molecule has 0 aliphatic heterocycles. The van der Waals surface area contributed by atoms with Crippen molar-refractivity contribution in [2.45, 2.75) is 0 Å². The smallest absolute Gasteiger partial charge is 0.0986 e. The van der Waals surface area contributed by atoms with Crippen LogP contribution in [0.2, 0.25) is 0 Å². The Morgan fingerprint density at radius 3 is 2.30 bits per heavy atom. The molecular weight excluding hydrogens is 128 g/mol. The zero-order valence-corrected chi connectivity index (χ0v) is 5.64. The molecule has 0 spiro atoms. The van der Waals surface area contributed by atoms with Crippen LogP contribution in [-0.2, 0) is 0 Å². The van der Waals surface area contributed by atoms with Crippen LogP contribution in [0.1, 0.15) is 0 Å². The van der Waals surface area contributed by atoms with Crippen LogP contribution in [0, 0.1) is 0 Å². The van der Waals surface area contributed by atoms with Gasteiger partial charge in [-0.25, -0.2) is 4.98 Å². The van der Waals surface area contributed by atoms with E-state index in [1.54, 1.807) is 23.3 Å². The molecule has 0 saturated carbocycles. The normalized spacial score (nSPS) is 7.20. The van der Waals surface area contributed by atoms with Crippen molar-refractivity contribution < 1.29 is 5.11 Å². The third-order valence-corrected chi connectivity index (χ3v) is 0.736. The topological polar surface area (TPSA) is 38.0 Å². The lowest BCUT2D eigenvalue weighted by molar-refractivity contribution is 0.476. The van der Waals surface area contributed by atoms with E-state index in [1.165, 1.54) is 0 Å². The van der Waals surface area contributed by atoms with E-state index in [2.05, 4.69) is 18.1 Å². The van der Waals surface area contributed by atoms with Crippen LogP contribution in [0.15, 0.2) is 38.1 Å². The number of hydrogen-bond acceptors (Lipinski definition) is 2. The minimum absolute atomic E-state index is 0.750. The van der Waals surface area contributed by atoms with E-state index in [9.17, 15) is 0 Å². The van der Waals surface area contributed by atoms with Gasteiger partial charge in [0.25, 0.3) is 0 Å². The van der Waals surface area contributed by atoms with Gasteiger partial charge in [-0.1, -0.05) is 13.2 Å². The maximum Gasteiger partial charge on any atom is 0.0986 e. The minimum Gasteiger partial charge on any atom is -0.516 e. The molecule has 0 fully saturated rings. The fourth-order valence-electron chi connectivity index (χ4n) is 0.377. The maximum atomic E-state index is 7.33. The predicted molar refractivity (Wildman–Crippen MR) is 41.4 cm³/mol. The van der Waals surface area contributed by atoms with Gasteiger partial charge in [-0.05, 0) is 0 Å². The Morgan fingerprint density at radius 2 is 2.10 bits per heavy atom. The summed E-state index contributed by atoms with van der Waals surface area (Å²) in [5.74, 6) is 0. The molecule has 3 heteroatoms. The number of aliphatic hydroxyl groups is 1. The Kier molecular flexibility index (Phi) is 4.77. The Bertz CT molecular complexity index is 179. The highest BCUT2D eigenvalue weighted by molar-refractivity contribution is 5.14. The van der Waals surface area contributed by atoms with E-state index in [4.69, 9.17) is 5.11 Å². The molecule has 1 N–H and O–H groups in total. The molecule has 0 bridgehead atoms. The van der Waals surface area contributed by atoms with E-state index >= 15 is 0 Å². The summed E-state index contributed by atoms with van der Waals surface area (Å²) in [6, 6.07) is 0. The molecule has 1 heterocycles. The van der Waals surface area contributed by atoms with Gasteiger partial charge in [-0.2, -0.15) is 0 Å². The first-order valence-corrected chi connectivity index (χ1v) is 2.70. The summed E-state index contributed by atoms with van der Waals surface area (Å²) in [7, 11) is 0. The lowest BCUT2D eigenvalue weighted by atomic mass is 10.9. The molecule has 0 aromatic carbocycles. The third-order valence-electron chi connectivity index (χ3n) is 0.736. The molecule has 1 aromatic heterocycles. The highest BCUT2D eigenvalue weighted by Crippen LogP contribution is 1.81.